The number of piperazine rings is 1. The number of amides is 1. The number of carbonyl (C=O) groups excluding carboxylic acids is 1. The lowest BCUT2D eigenvalue weighted by Gasteiger charge is -2.38. The lowest BCUT2D eigenvalue weighted by Crippen LogP contribution is -2.50. The topological polar surface area (TPSA) is 45.7 Å². The summed E-state index contributed by atoms with van der Waals surface area (Å²) in [5.41, 5.74) is 0.429. The molecule has 0 spiro atoms. The Morgan fingerprint density at radius 2 is 1.95 bits per heavy atom. The monoisotopic (exact) mass is 325 g/mol. The van der Waals surface area contributed by atoms with Crippen molar-refractivity contribution in [1.82, 2.24) is 14.8 Å². The van der Waals surface area contributed by atoms with Gasteiger partial charge in [0.2, 0.25) is 0 Å². The molecule has 1 unspecified atom stereocenters. The van der Waals surface area contributed by atoms with E-state index in [1.807, 2.05) is 32.9 Å². The Balaban J connectivity index is 1.92. The SMILES string of the molecule is CC(c1ncccc1Cl)N1CCN(C(=O)OC(C)(C)C)CC1. The van der Waals surface area contributed by atoms with Crippen molar-refractivity contribution in [3.63, 3.8) is 0 Å². The van der Waals surface area contributed by atoms with Gasteiger partial charge in [-0.15, -0.1) is 0 Å². The summed E-state index contributed by atoms with van der Waals surface area (Å²) in [5.74, 6) is 0. The molecule has 6 heteroatoms. The summed E-state index contributed by atoms with van der Waals surface area (Å²) >= 11 is 6.22. The predicted molar refractivity (Wildman–Crippen MR) is 87.0 cm³/mol. The fourth-order valence-corrected chi connectivity index (χ4v) is 2.78. The number of nitrogens with zero attached hydrogens (tertiary/aromatic N) is 3. The molecule has 0 aromatic carbocycles. The quantitative estimate of drug-likeness (QED) is 0.836. The van der Waals surface area contributed by atoms with Crippen molar-refractivity contribution in [3.05, 3.63) is 29.0 Å². The maximum atomic E-state index is 12.1. The Hall–Kier alpha value is -1.33. The lowest BCUT2D eigenvalue weighted by atomic mass is 10.1. The zero-order valence-electron chi connectivity index (χ0n) is 13.7. The molecule has 1 amide bonds. The first-order valence-electron chi connectivity index (χ1n) is 7.60. The number of hydrogen-bond donors (Lipinski definition) is 0. The van der Waals surface area contributed by atoms with E-state index in [2.05, 4.69) is 16.8 Å². The maximum Gasteiger partial charge on any atom is 0.410 e. The second-order valence-corrected chi connectivity index (χ2v) is 6.96. The van der Waals surface area contributed by atoms with Crippen LogP contribution in [0.1, 0.15) is 39.4 Å². The van der Waals surface area contributed by atoms with Crippen LogP contribution in [0.5, 0.6) is 0 Å². The van der Waals surface area contributed by atoms with Gasteiger partial charge in [-0.05, 0) is 39.8 Å². The number of ether oxygens (including phenoxy) is 1. The largest absolute Gasteiger partial charge is 0.444 e. The van der Waals surface area contributed by atoms with E-state index >= 15 is 0 Å². The van der Waals surface area contributed by atoms with Crippen molar-refractivity contribution in [2.24, 2.45) is 0 Å². The van der Waals surface area contributed by atoms with E-state index < -0.39 is 5.60 Å². The third-order valence-corrected chi connectivity index (χ3v) is 4.02. The van der Waals surface area contributed by atoms with Gasteiger partial charge < -0.3 is 9.64 Å². The fraction of sp³-hybridized carbons (Fsp3) is 0.625. The maximum absolute atomic E-state index is 12.1. The van der Waals surface area contributed by atoms with Gasteiger partial charge in [0.25, 0.3) is 0 Å². The third kappa shape index (κ3) is 4.34. The van der Waals surface area contributed by atoms with Crippen molar-refractivity contribution in [2.45, 2.75) is 39.3 Å². The molecule has 0 N–H and O–H groups in total. The van der Waals surface area contributed by atoms with E-state index in [9.17, 15) is 4.79 Å². The average Bonchev–Trinajstić information content (AvgIpc) is 2.45. The van der Waals surface area contributed by atoms with Crippen LogP contribution in [0.25, 0.3) is 0 Å². The standard InChI is InChI=1S/C16H24ClN3O2/c1-12(14-13(17)6-5-7-18-14)19-8-10-20(11-9-19)15(21)22-16(2,3)4/h5-7,12H,8-11H2,1-4H3. The van der Waals surface area contributed by atoms with E-state index in [1.165, 1.54) is 0 Å². The molecule has 1 saturated heterocycles. The molecule has 0 aliphatic carbocycles. The first-order valence-corrected chi connectivity index (χ1v) is 7.98. The molecule has 0 bridgehead atoms. The van der Waals surface area contributed by atoms with E-state index in [0.29, 0.717) is 18.1 Å². The molecule has 1 aliphatic heterocycles. The van der Waals surface area contributed by atoms with Crippen LogP contribution in [0.3, 0.4) is 0 Å². The summed E-state index contributed by atoms with van der Waals surface area (Å²) in [4.78, 5) is 20.5. The van der Waals surface area contributed by atoms with Crippen LogP contribution >= 0.6 is 11.6 Å². The van der Waals surface area contributed by atoms with E-state index in [1.54, 1.807) is 11.1 Å². The van der Waals surface area contributed by atoms with Gasteiger partial charge in [-0.1, -0.05) is 11.6 Å². The van der Waals surface area contributed by atoms with Crippen LogP contribution in [0.4, 0.5) is 4.79 Å². The highest BCUT2D eigenvalue weighted by atomic mass is 35.5. The van der Waals surface area contributed by atoms with Crippen LogP contribution in [-0.4, -0.2) is 52.7 Å². The summed E-state index contributed by atoms with van der Waals surface area (Å²) in [7, 11) is 0. The average molecular weight is 326 g/mol. The third-order valence-electron chi connectivity index (χ3n) is 3.70. The van der Waals surface area contributed by atoms with Crippen molar-refractivity contribution >= 4 is 17.7 Å². The van der Waals surface area contributed by atoms with Crippen LogP contribution in [-0.2, 0) is 4.74 Å². The van der Waals surface area contributed by atoms with Crippen molar-refractivity contribution in [3.8, 4) is 0 Å². The first-order chi connectivity index (χ1) is 10.3. The molecule has 5 nitrogen and oxygen atoms in total. The Kier molecular flexibility index (Phi) is 5.29. The number of rotatable bonds is 2. The normalized spacial score (nSPS) is 18.1. The van der Waals surface area contributed by atoms with Gasteiger partial charge >= 0.3 is 6.09 Å². The molecular formula is C16H24ClN3O2. The number of hydrogen-bond acceptors (Lipinski definition) is 4. The Labute approximate surface area is 137 Å². The zero-order valence-corrected chi connectivity index (χ0v) is 14.4. The number of halogens is 1. The Morgan fingerprint density at radius 1 is 1.32 bits per heavy atom. The summed E-state index contributed by atoms with van der Waals surface area (Å²) in [5, 5.41) is 0.685. The Morgan fingerprint density at radius 3 is 2.50 bits per heavy atom. The molecule has 1 atom stereocenters. The molecular weight excluding hydrogens is 302 g/mol. The molecule has 122 valence electrons. The van der Waals surface area contributed by atoms with Gasteiger partial charge in [-0.3, -0.25) is 9.88 Å². The second-order valence-electron chi connectivity index (χ2n) is 6.55. The minimum atomic E-state index is -0.455. The number of pyridine rings is 1. The highest BCUT2D eigenvalue weighted by Crippen LogP contribution is 2.26. The predicted octanol–water partition coefficient (Wildman–Crippen LogP) is 3.35. The van der Waals surface area contributed by atoms with E-state index in [0.717, 1.165) is 18.8 Å². The first kappa shape index (κ1) is 17.0. The van der Waals surface area contributed by atoms with Gasteiger partial charge in [-0.25, -0.2) is 4.79 Å². The molecule has 1 aromatic heterocycles. The fourth-order valence-electron chi connectivity index (χ4n) is 2.50. The number of carbonyl (C=O) groups is 1. The minimum Gasteiger partial charge on any atom is -0.444 e. The summed E-state index contributed by atoms with van der Waals surface area (Å²) in [6.07, 6.45) is 1.52. The van der Waals surface area contributed by atoms with Crippen LogP contribution in [0.2, 0.25) is 5.02 Å². The van der Waals surface area contributed by atoms with Crippen LogP contribution < -0.4 is 0 Å². The van der Waals surface area contributed by atoms with Gasteiger partial charge in [0, 0.05) is 32.4 Å². The summed E-state index contributed by atoms with van der Waals surface area (Å²) in [6, 6.07) is 3.82. The van der Waals surface area contributed by atoms with E-state index in [-0.39, 0.29) is 12.1 Å². The minimum absolute atomic E-state index is 0.134. The molecule has 2 rings (SSSR count). The zero-order chi connectivity index (χ0) is 16.3. The summed E-state index contributed by atoms with van der Waals surface area (Å²) in [6.45, 7) is 10.6. The van der Waals surface area contributed by atoms with Gasteiger partial charge in [-0.2, -0.15) is 0 Å². The van der Waals surface area contributed by atoms with Gasteiger partial charge in [0.1, 0.15) is 5.60 Å². The van der Waals surface area contributed by atoms with E-state index in [4.69, 9.17) is 16.3 Å². The van der Waals surface area contributed by atoms with Gasteiger partial charge in [0.15, 0.2) is 0 Å². The van der Waals surface area contributed by atoms with Gasteiger partial charge in [0.05, 0.1) is 16.8 Å². The molecule has 22 heavy (non-hydrogen) atoms. The molecule has 2 heterocycles. The van der Waals surface area contributed by atoms with Crippen LogP contribution in [0.15, 0.2) is 18.3 Å². The van der Waals surface area contributed by atoms with Crippen molar-refractivity contribution in [1.29, 1.82) is 0 Å². The molecule has 1 fully saturated rings. The molecule has 0 saturated carbocycles. The number of aromatic nitrogens is 1. The summed E-state index contributed by atoms with van der Waals surface area (Å²) < 4.78 is 5.41. The molecule has 0 radical (unpaired) electrons. The van der Waals surface area contributed by atoms with Crippen molar-refractivity contribution in [2.75, 3.05) is 26.2 Å². The smallest absolute Gasteiger partial charge is 0.410 e. The highest BCUT2D eigenvalue weighted by molar-refractivity contribution is 6.31. The molecule has 1 aliphatic rings. The van der Waals surface area contributed by atoms with Crippen molar-refractivity contribution < 1.29 is 9.53 Å². The Bertz CT molecular complexity index is 522. The molecule has 1 aromatic rings. The highest BCUT2D eigenvalue weighted by Gasteiger charge is 2.28. The lowest BCUT2D eigenvalue weighted by molar-refractivity contribution is 0.0108. The van der Waals surface area contributed by atoms with Crippen LogP contribution in [0, 0.1) is 0 Å². The second kappa shape index (κ2) is 6.84.